The summed E-state index contributed by atoms with van der Waals surface area (Å²) in [6.45, 7) is 2.18. The Morgan fingerprint density at radius 2 is 2.14 bits per heavy atom. The van der Waals surface area contributed by atoms with E-state index in [1.807, 2.05) is 0 Å². The number of nitriles is 1. The van der Waals surface area contributed by atoms with E-state index in [4.69, 9.17) is 0 Å². The zero-order valence-corrected chi connectivity index (χ0v) is 13.0. The number of nitrogens with one attached hydrogen (secondary N) is 1. The van der Waals surface area contributed by atoms with Gasteiger partial charge < -0.3 is 5.32 Å². The number of carbonyl (C=O) groups is 1. The molecular weight excluding hydrogens is 299 g/mol. The normalized spacial score (nSPS) is 16.7. The Balaban J connectivity index is 1.88. The fraction of sp³-hybridized carbons (Fsp3) is 0.294. The van der Waals surface area contributed by atoms with E-state index >= 15 is 0 Å². The predicted octanol–water partition coefficient (Wildman–Crippen LogP) is 4.14. The summed E-state index contributed by atoms with van der Waals surface area (Å²) in [4.78, 5) is 13.4. The molecule has 0 saturated carbocycles. The molecule has 3 nitrogen and oxygen atoms in total. The van der Waals surface area contributed by atoms with Crippen LogP contribution in [0, 0.1) is 23.1 Å². The SMILES string of the molecule is C[C@@H]1CCc2sc(NC(=O)c3ccc(F)cc3)c(C#N)c2C1. The maximum absolute atomic E-state index is 12.9. The molecule has 1 aromatic heterocycles. The number of thiophene rings is 1. The van der Waals surface area contributed by atoms with E-state index in [2.05, 4.69) is 18.3 Å². The highest BCUT2D eigenvalue weighted by Gasteiger charge is 2.24. The van der Waals surface area contributed by atoms with Gasteiger partial charge in [-0.15, -0.1) is 11.3 Å². The van der Waals surface area contributed by atoms with Crippen LogP contribution in [0.4, 0.5) is 9.39 Å². The van der Waals surface area contributed by atoms with E-state index < -0.39 is 0 Å². The topological polar surface area (TPSA) is 52.9 Å². The molecule has 112 valence electrons. The predicted molar refractivity (Wildman–Crippen MR) is 84.6 cm³/mol. The van der Waals surface area contributed by atoms with Crippen molar-refractivity contribution >= 4 is 22.2 Å². The van der Waals surface area contributed by atoms with Crippen LogP contribution in [0.2, 0.25) is 0 Å². The summed E-state index contributed by atoms with van der Waals surface area (Å²) >= 11 is 1.49. The molecular formula is C17H15FN2OS. The number of carbonyl (C=O) groups excluding carboxylic acids is 1. The number of anilines is 1. The summed E-state index contributed by atoms with van der Waals surface area (Å²) < 4.78 is 12.9. The zero-order chi connectivity index (χ0) is 15.7. The first-order chi connectivity index (χ1) is 10.6. The van der Waals surface area contributed by atoms with Gasteiger partial charge in [-0.2, -0.15) is 5.26 Å². The van der Waals surface area contributed by atoms with Crippen molar-refractivity contribution in [3.05, 3.63) is 51.7 Å². The van der Waals surface area contributed by atoms with Gasteiger partial charge in [-0.25, -0.2) is 4.39 Å². The third-order valence-electron chi connectivity index (χ3n) is 3.95. The molecule has 1 heterocycles. The van der Waals surface area contributed by atoms with Crippen LogP contribution in [0.1, 0.15) is 39.7 Å². The van der Waals surface area contributed by atoms with Crippen LogP contribution in [-0.4, -0.2) is 5.91 Å². The quantitative estimate of drug-likeness (QED) is 0.906. The number of rotatable bonds is 2. The van der Waals surface area contributed by atoms with Crippen molar-refractivity contribution in [3.63, 3.8) is 0 Å². The Morgan fingerprint density at radius 3 is 2.82 bits per heavy atom. The third kappa shape index (κ3) is 2.75. The van der Waals surface area contributed by atoms with Crippen molar-refractivity contribution < 1.29 is 9.18 Å². The molecule has 3 rings (SSSR count). The van der Waals surface area contributed by atoms with Gasteiger partial charge in [0, 0.05) is 10.4 Å². The molecule has 1 aliphatic rings. The number of halogens is 1. The highest BCUT2D eigenvalue weighted by atomic mass is 32.1. The lowest BCUT2D eigenvalue weighted by Gasteiger charge is -2.17. The number of aryl methyl sites for hydroxylation is 1. The molecule has 0 saturated heterocycles. The van der Waals surface area contributed by atoms with Crippen molar-refractivity contribution in [1.82, 2.24) is 0 Å². The van der Waals surface area contributed by atoms with Gasteiger partial charge in [0.15, 0.2) is 0 Å². The molecule has 0 fully saturated rings. The van der Waals surface area contributed by atoms with E-state index in [0.29, 0.717) is 22.0 Å². The smallest absolute Gasteiger partial charge is 0.256 e. The maximum atomic E-state index is 12.9. The fourth-order valence-corrected chi connectivity index (χ4v) is 3.93. The summed E-state index contributed by atoms with van der Waals surface area (Å²) in [7, 11) is 0. The highest BCUT2D eigenvalue weighted by Crippen LogP contribution is 2.39. The summed E-state index contributed by atoms with van der Waals surface area (Å²) in [6, 6.07) is 7.60. The molecule has 0 radical (unpaired) electrons. The molecule has 0 aliphatic heterocycles. The lowest BCUT2D eigenvalue weighted by Crippen LogP contribution is -2.12. The van der Waals surface area contributed by atoms with Crippen LogP contribution < -0.4 is 5.32 Å². The Hall–Kier alpha value is -2.19. The van der Waals surface area contributed by atoms with Gasteiger partial charge in [-0.1, -0.05) is 6.92 Å². The molecule has 0 unspecified atom stereocenters. The molecule has 5 heteroatoms. The van der Waals surface area contributed by atoms with E-state index in [0.717, 1.165) is 24.8 Å². The summed E-state index contributed by atoms with van der Waals surface area (Å²) in [5.41, 5.74) is 2.05. The molecule has 1 aromatic carbocycles. The summed E-state index contributed by atoms with van der Waals surface area (Å²) in [5.74, 6) is -0.132. The van der Waals surface area contributed by atoms with Gasteiger partial charge in [0.05, 0.1) is 5.56 Å². The molecule has 0 spiro atoms. The zero-order valence-electron chi connectivity index (χ0n) is 12.1. The minimum Gasteiger partial charge on any atom is -0.312 e. The van der Waals surface area contributed by atoms with Crippen LogP contribution >= 0.6 is 11.3 Å². The van der Waals surface area contributed by atoms with E-state index in [1.54, 1.807) is 0 Å². The lowest BCUT2D eigenvalue weighted by atomic mass is 9.88. The monoisotopic (exact) mass is 314 g/mol. The van der Waals surface area contributed by atoms with Gasteiger partial charge >= 0.3 is 0 Å². The average Bonchev–Trinajstić information content (AvgIpc) is 2.84. The van der Waals surface area contributed by atoms with E-state index in [9.17, 15) is 14.4 Å². The summed E-state index contributed by atoms with van der Waals surface area (Å²) in [5, 5.41) is 12.8. The van der Waals surface area contributed by atoms with Crippen LogP contribution in [-0.2, 0) is 12.8 Å². The largest absolute Gasteiger partial charge is 0.312 e. The molecule has 1 aliphatic carbocycles. The Bertz CT molecular complexity index is 758. The minimum absolute atomic E-state index is 0.317. The Labute approximate surface area is 132 Å². The Morgan fingerprint density at radius 1 is 1.41 bits per heavy atom. The number of hydrogen-bond donors (Lipinski definition) is 1. The average molecular weight is 314 g/mol. The van der Waals surface area contributed by atoms with Crippen molar-refractivity contribution in [2.24, 2.45) is 5.92 Å². The van der Waals surface area contributed by atoms with Gasteiger partial charge in [0.1, 0.15) is 16.9 Å². The van der Waals surface area contributed by atoms with E-state index in [-0.39, 0.29) is 11.7 Å². The van der Waals surface area contributed by atoms with Crippen molar-refractivity contribution in [2.75, 3.05) is 5.32 Å². The van der Waals surface area contributed by atoms with Crippen LogP contribution in [0.3, 0.4) is 0 Å². The van der Waals surface area contributed by atoms with Crippen LogP contribution in [0.15, 0.2) is 24.3 Å². The molecule has 22 heavy (non-hydrogen) atoms. The Kier molecular flexibility index (Phi) is 3.95. The number of amides is 1. The van der Waals surface area contributed by atoms with Crippen molar-refractivity contribution in [2.45, 2.75) is 26.2 Å². The number of fused-ring (bicyclic) bond motifs is 1. The second kappa shape index (κ2) is 5.90. The number of benzene rings is 1. The van der Waals surface area contributed by atoms with Crippen LogP contribution in [0.25, 0.3) is 0 Å². The third-order valence-corrected chi connectivity index (χ3v) is 5.16. The van der Waals surface area contributed by atoms with Crippen molar-refractivity contribution in [3.8, 4) is 6.07 Å². The van der Waals surface area contributed by atoms with Gasteiger partial charge in [0.2, 0.25) is 0 Å². The number of nitrogens with zero attached hydrogens (tertiary/aromatic N) is 1. The highest BCUT2D eigenvalue weighted by molar-refractivity contribution is 7.16. The molecule has 1 amide bonds. The molecule has 1 N–H and O–H groups in total. The van der Waals surface area contributed by atoms with Gasteiger partial charge in [-0.05, 0) is 55.0 Å². The lowest BCUT2D eigenvalue weighted by molar-refractivity contribution is 0.102. The standard InChI is InChI=1S/C17H15FN2OS/c1-10-2-7-15-13(8-10)14(9-19)17(22-15)20-16(21)11-3-5-12(18)6-4-11/h3-6,10H,2,7-8H2,1H3,(H,20,21)/t10-/m1/s1. The first-order valence-corrected chi connectivity index (χ1v) is 8.01. The second-order valence-corrected chi connectivity index (χ2v) is 6.73. The minimum atomic E-state index is -0.380. The maximum Gasteiger partial charge on any atom is 0.256 e. The summed E-state index contributed by atoms with van der Waals surface area (Å²) in [6.07, 6.45) is 2.97. The molecule has 2 aromatic rings. The van der Waals surface area contributed by atoms with Crippen LogP contribution in [0.5, 0.6) is 0 Å². The first-order valence-electron chi connectivity index (χ1n) is 7.20. The number of hydrogen-bond acceptors (Lipinski definition) is 3. The van der Waals surface area contributed by atoms with Gasteiger partial charge in [-0.3, -0.25) is 4.79 Å². The van der Waals surface area contributed by atoms with E-state index in [1.165, 1.54) is 40.5 Å². The fourth-order valence-electron chi connectivity index (χ4n) is 2.74. The second-order valence-electron chi connectivity index (χ2n) is 5.63. The first kappa shape index (κ1) is 14.7. The van der Waals surface area contributed by atoms with Crippen molar-refractivity contribution in [1.29, 1.82) is 5.26 Å². The van der Waals surface area contributed by atoms with Gasteiger partial charge in [0.25, 0.3) is 5.91 Å². The molecule has 1 atom stereocenters. The molecule has 0 bridgehead atoms.